The molecule has 0 saturated carbocycles. The summed E-state index contributed by atoms with van der Waals surface area (Å²) in [6, 6.07) is 5.10. The molecule has 0 aliphatic carbocycles. The lowest BCUT2D eigenvalue weighted by Crippen LogP contribution is -2.68. The lowest BCUT2D eigenvalue weighted by atomic mass is 10.1. The number of nitro benzene ring substituents is 1. The van der Waals surface area contributed by atoms with Crippen LogP contribution in [0, 0.1) is 10.1 Å². The van der Waals surface area contributed by atoms with Gasteiger partial charge >= 0.3 is 5.97 Å². The van der Waals surface area contributed by atoms with Crippen molar-refractivity contribution in [3.63, 3.8) is 0 Å². The molecular formula is C14H12BrN3O5S. The number of non-ortho nitro benzene ring substituents is 1. The Balaban J connectivity index is 1.68. The second kappa shape index (κ2) is 6.54. The predicted molar refractivity (Wildman–Crippen MR) is 89.9 cm³/mol. The van der Waals surface area contributed by atoms with Gasteiger partial charge in [0.15, 0.2) is 0 Å². The number of nitrogens with zero attached hydrogens (tertiary/aromatic N) is 2. The normalized spacial score (nSPS) is 22.8. The van der Waals surface area contributed by atoms with Crippen LogP contribution in [0.5, 0.6) is 0 Å². The number of nitro groups is 1. The summed E-state index contributed by atoms with van der Waals surface area (Å²) < 4.78 is 5.82. The van der Waals surface area contributed by atoms with Gasteiger partial charge in [-0.3, -0.25) is 19.8 Å². The van der Waals surface area contributed by atoms with Gasteiger partial charge in [0.25, 0.3) is 5.69 Å². The van der Waals surface area contributed by atoms with E-state index in [1.807, 2.05) is 0 Å². The molecular weight excluding hydrogens is 402 g/mol. The first-order chi connectivity index (χ1) is 11.4. The number of halogens is 1. The van der Waals surface area contributed by atoms with E-state index < -0.39 is 16.9 Å². The Hall–Kier alpha value is -1.91. The predicted octanol–water partition coefficient (Wildman–Crippen LogP) is 1.49. The maximum absolute atomic E-state index is 12.3. The van der Waals surface area contributed by atoms with Crippen LogP contribution < -0.4 is 5.73 Å². The van der Waals surface area contributed by atoms with Crippen molar-refractivity contribution in [2.24, 2.45) is 5.73 Å². The van der Waals surface area contributed by atoms with Crippen molar-refractivity contribution in [1.82, 2.24) is 4.90 Å². The number of carbonyl (C=O) groups is 2. The summed E-state index contributed by atoms with van der Waals surface area (Å²) in [6.45, 7) is -0.0491. The van der Waals surface area contributed by atoms with Crippen molar-refractivity contribution in [3.8, 4) is 0 Å². The van der Waals surface area contributed by atoms with E-state index in [0.717, 1.165) is 0 Å². The summed E-state index contributed by atoms with van der Waals surface area (Å²) in [4.78, 5) is 35.7. The Kier molecular flexibility index (Phi) is 4.61. The van der Waals surface area contributed by atoms with Crippen LogP contribution in [-0.2, 0) is 20.9 Å². The zero-order chi connectivity index (χ0) is 17.4. The molecule has 2 heterocycles. The van der Waals surface area contributed by atoms with Crippen LogP contribution in [0.2, 0.25) is 0 Å². The van der Waals surface area contributed by atoms with Crippen molar-refractivity contribution >= 4 is 45.3 Å². The average molecular weight is 414 g/mol. The van der Waals surface area contributed by atoms with Crippen molar-refractivity contribution in [2.45, 2.75) is 18.0 Å². The summed E-state index contributed by atoms with van der Waals surface area (Å²) in [5.41, 5.74) is 6.48. The fourth-order valence-electron chi connectivity index (χ4n) is 2.40. The molecule has 1 unspecified atom stereocenters. The third-order valence-electron chi connectivity index (χ3n) is 3.67. The molecule has 0 bridgehead atoms. The summed E-state index contributed by atoms with van der Waals surface area (Å²) in [5.74, 6) is -0.415. The lowest BCUT2D eigenvalue weighted by Gasteiger charge is -2.47. The van der Waals surface area contributed by atoms with Gasteiger partial charge in [-0.1, -0.05) is 15.9 Å². The third kappa shape index (κ3) is 2.92. The molecule has 24 heavy (non-hydrogen) atoms. The number of thioether (sulfide) groups is 1. The van der Waals surface area contributed by atoms with Crippen LogP contribution >= 0.6 is 27.7 Å². The van der Waals surface area contributed by atoms with Crippen LogP contribution in [-0.4, -0.2) is 38.9 Å². The average Bonchev–Trinajstić information content (AvgIpc) is 2.59. The zero-order valence-electron chi connectivity index (χ0n) is 12.2. The molecule has 8 nitrogen and oxygen atoms in total. The fourth-order valence-corrected chi connectivity index (χ4v) is 4.29. The highest BCUT2D eigenvalue weighted by Crippen LogP contribution is 2.41. The third-order valence-corrected chi connectivity index (χ3v) is 6.00. The SMILES string of the molecule is NC1C(=O)N2C(C(=O)OCc3ccc([N+](=O)[O-])cc3)=C(Br)CS[C@@H]12. The minimum atomic E-state index is -0.634. The van der Waals surface area contributed by atoms with E-state index in [1.54, 1.807) is 0 Å². The van der Waals surface area contributed by atoms with Gasteiger partial charge in [-0.2, -0.15) is 0 Å². The molecule has 2 aliphatic rings. The van der Waals surface area contributed by atoms with Crippen LogP contribution in [0.1, 0.15) is 5.56 Å². The van der Waals surface area contributed by atoms with Crippen LogP contribution in [0.25, 0.3) is 0 Å². The standard InChI is InChI=1S/C14H12BrN3O5S/c15-9-6-24-13-10(16)12(19)17(13)11(9)14(20)23-5-7-1-3-8(4-2-7)18(21)22/h1-4,10,13H,5-6,16H2/t10?,13-/m0/s1. The second-order valence-corrected chi connectivity index (χ2v) is 7.25. The first-order valence-corrected chi connectivity index (χ1v) is 8.73. The molecule has 126 valence electrons. The summed E-state index contributed by atoms with van der Waals surface area (Å²) in [7, 11) is 0. The molecule has 2 aliphatic heterocycles. The molecule has 0 spiro atoms. The number of hydrogen-bond donors (Lipinski definition) is 1. The molecule has 1 saturated heterocycles. The highest BCUT2D eigenvalue weighted by atomic mass is 79.9. The van der Waals surface area contributed by atoms with Gasteiger partial charge in [0.1, 0.15) is 23.7 Å². The highest BCUT2D eigenvalue weighted by molar-refractivity contribution is 9.11. The van der Waals surface area contributed by atoms with E-state index in [1.165, 1.54) is 40.9 Å². The number of esters is 1. The first kappa shape index (κ1) is 16.9. The largest absolute Gasteiger partial charge is 0.456 e. The number of carbonyl (C=O) groups excluding carboxylic acids is 2. The van der Waals surface area contributed by atoms with Gasteiger partial charge in [0, 0.05) is 22.4 Å². The smallest absolute Gasteiger partial charge is 0.356 e. The molecule has 3 rings (SSSR count). The Bertz CT molecular complexity index is 751. The number of hydrogen-bond acceptors (Lipinski definition) is 7. The van der Waals surface area contributed by atoms with Gasteiger partial charge in [0.2, 0.25) is 5.91 Å². The minimum absolute atomic E-state index is 0.0390. The number of nitrogens with two attached hydrogens (primary N) is 1. The fraction of sp³-hybridized carbons (Fsp3) is 0.286. The second-order valence-electron chi connectivity index (χ2n) is 5.19. The van der Waals surface area contributed by atoms with Crippen molar-refractivity contribution in [1.29, 1.82) is 0 Å². The van der Waals surface area contributed by atoms with Crippen LogP contribution in [0.15, 0.2) is 34.4 Å². The molecule has 1 aromatic carbocycles. The van der Waals surface area contributed by atoms with Crippen molar-refractivity contribution in [2.75, 3.05) is 5.75 Å². The number of amides is 1. The Morgan fingerprint density at radius 3 is 2.75 bits per heavy atom. The molecule has 2 N–H and O–H groups in total. The topological polar surface area (TPSA) is 116 Å². The Morgan fingerprint density at radius 1 is 1.46 bits per heavy atom. The number of benzene rings is 1. The first-order valence-electron chi connectivity index (χ1n) is 6.89. The molecule has 0 aromatic heterocycles. The number of β-lactam (4-membered cyclic amide) rings is 1. The highest BCUT2D eigenvalue weighted by Gasteiger charge is 2.51. The molecule has 10 heteroatoms. The number of fused-ring (bicyclic) bond motifs is 1. The van der Waals surface area contributed by atoms with Gasteiger partial charge in [-0.25, -0.2) is 4.79 Å². The van der Waals surface area contributed by atoms with Gasteiger partial charge < -0.3 is 10.5 Å². The molecule has 1 aromatic rings. The van der Waals surface area contributed by atoms with Gasteiger partial charge in [-0.05, 0) is 17.7 Å². The number of ether oxygens (including phenoxy) is 1. The van der Waals surface area contributed by atoms with Gasteiger partial charge in [-0.15, -0.1) is 11.8 Å². The molecule has 1 amide bonds. The lowest BCUT2D eigenvalue weighted by molar-refractivity contribution is -0.384. The van der Waals surface area contributed by atoms with Gasteiger partial charge in [0.05, 0.1) is 4.92 Å². The van der Waals surface area contributed by atoms with E-state index in [9.17, 15) is 19.7 Å². The maximum atomic E-state index is 12.3. The Morgan fingerprint density at radius 2 is 2.12 bits per heavy atom. The van der Waals surface area contributed by atoms with Crippen LogP contribution in [0.3, 0.4) is 0 Å². The molecule has 1 fully saturated rings. The van der Waals surface area contributed by atoms with Crippen molar-refractivity contribution < 1.29 is 19.2 Å². The Labute approximate surface area is 149 Å². The van der Waals surface area contributed by atoms with E-state index in [0.29, 0.717) is 15.8 Å². The zero-order valence-corrected chi connectivity index (χ0v) is 14.6. The van der Waals surface area contributed by atoms with E-state index in [4.69, 9.17) is 10.5 Å². The van der Waals surface area contributed by atoms with Crippen LogP contribution in [0.4, 0.5) is 5.69 Å². The quantitative estimate of drug-likeness (QED) is 0.343. The van der Waals surface area contributed by atoms with E-state index in [2.05, 4.69) is 15.9 Å². The summed E-state index contributed by atoms with van der Waals surface area (Å²) in [6.07, 6.45) is 0. The summed E-state index contributed by atoms with van der Waals surface area (Å²) in [5, 5.41) is 10.4. The molecule has 2 atom stereocenters. The summed E-state index contributed by atoms with van der Waals surface area (Å²) >= 11 is 4.78. The monoisotopic (exact) mass is 413 g/mol. The number of rotatable bonds is 4. The van der Waals surface area contributed by atoms with E-state index >= 15 is 0 Å². The minimum Gasteiger partial charge on any atom is -0.456 e. The van der Waals surface area contributed by atoms with Crippen molar-refractivity contribution in [3.05, 3.63) is 50.1 Å². The van der Waals surface area contributed by atoms with E-state index in [-0.39, 0.29) is 29.3 Å². The maximum Gasteiger partial charge on any atom is 0.356 e. The molecule has 0 radical (unpaired) electrons.